The number of rotatable bonds is 0. The molecule has 0 spiro atoms. The van der Waals surface area contributed by atoms with Crippen LogP contribution in [0.1, 0.15) is 25.0 Å². The zero-order valence-electron chi connectivity index (χ0n) is 33.5. The third-order valence-electron chi connectivity index (χ3n) is 10.0. The van der Waals surface area contributed by atoms with Crippen LogP contribution >= 0.6 is 23.2 Å². The van der Waals surface area contributed by atoms with Crippen LogP contribution in [0.3, 0.4) is 0 Å². The number of halogens is 2. The summed E-state index contributed by atoms with van der Waals surface area (Å²) in [6, 6.07) is 8.00. The second-order valence-corrected chi connectivity index (χ2v) is 28.1. The van der Waals surface area contributed by atoms with E-state index in [4.69, 9.17) is 23.2 Å². The second kappa shape index (κ2) is 14.4. The summed E-state index contributed by atoms with van der Waals surface area (Å²) >= 11 is 12.6. The first-order valence-electron chi connectivity index (χ1n) is 18.1. The SMILES string of the molecule is CC1=NN2C(=O)C1N=Nc1cc(Cl)c(C)cc1S(=O)(O)(O)CS(=O)(O)(O)c1cccc(c1)N1N=C(C)C(N=Nc3cc(Cl)c(C)cc3S(=O)(O)(O)CS(=O)(O)(O)c3cccc2c3)C1=O. The maximum Gasteiger partial charge on any atom is 0.280 e. The molecule has 8 bridgehead atoms. The van der Waals surface area contributed by atoms with Crippen molar-refractivity contribution in [2.24, 2.45) is 30.7 Å². The molecule has 4 aromatic carbocycles. The summed E-state index contributed by atoms with van der Waals surface area (Å²) < 4.78 is 148. The number of hydrogen-bond donors (Lipinski definition) is 8. The number of fused-ring (bicyclic) bond motifs is 12. The monoisotopic (exact) mass is 1000 g/mol. The highest BCUT2D eigenvalue weighted by Gasteiger charge is 2.51. The topological polar surface area (TPSA) is 345 Å². The Morgan fingerprint density at radius 2 is 0.875 bits per heavy atom. The molecule has 0 aliphatic carbocycles. The van der Waals surface area contributed by atoms with Crippen molar-refractivity contribution in [3.63, 3.8) is 0 Å². The molecule has 0 fully saturated rings. The van der Waals surface area contributed by atoms with Crippen molar-refractivity contribution >= 4 is 108 Å². The summed E-state index contributed by atoms with van der Waals surface area (Å²) in [6.07, 6.45) is 0. The minimum absolute atomic E-state index is 0.0425. The van der Waals surface area contributed by atoms with Crippen LogP contribution in [-0.4, -0.2) is 98.7 Å². The average molecular weight is 1010 g/mol. The molecule has 0 aromatic heterocycles. The van der Waals surface area contributed by atoms with E-state index in [1.807, 2.05) is 0 Å². The Labute approximate surface area is 372 Å². The first-order chi connectivity index (χ1) is 29.1. The summed E-state index contributed by atoms with van der Waals surface area (Å²) in [5, 5.41) is 20.6. The Bertz CT molecular complexity index is 2990. The fraction of sp³-hybridized carbons (Fsp3) is 0.222. The predicted octanol–water partition coefficient (Wildman–Crippen LogP) is 7.49. The maximum absolute atomic E-state index is 14.3. The van der Waals surface area contributed by atoms with Gasteiger partial charge in [0, 0.05) is 10.0 Å². The number of hydrazone groups is 2. The lowest BCUT2D eigenvalue weighted by molar-refractivity contribution is -0.118. The summed E-state index contributed by atoms with van der Waals surface area (Å²) in [5.41, 5.74) is -2.18. The van der Waals surface area contributed by atoms with E-state index < -0.39 is 104 Å². The van der Waals surface area contributed by atoms with Crippen molar-refractivity contribution in [2.45, 2.75) is 59.4 Å². The Balaban J connectivity index is 1.44. The van der Waals surface area contributed by atoms with Gasteiger partial charge in [0.15, 0.2) is 22.3 Å². The summed E-state index contributed by atoms with van der Waals surface area (Å²) in [6.45, 7) is 5.29. The molecule has 3 heterocycles. The van der Waals surface area contributed by atoms with Crippen molar-refractivity contribution < 1.29 is 62.8 Å². The highest BCUT2D eigenvalue weighted by molar-refractivity contribution is 8.26. The van der Waals surface area contributed by atoms with Crippen LogP contribution in [-0.2, 0) is 48.1 Å². The van der Waals surface area contributed by atoms with Crippen molar-refractivity contribution in [3.8, 4) is 0 Å². The van der Waals surface area contributed by atoms with E-state index in [0.29, 0.717) is 10.0 Å². The van der Waals surface area contributed by atoms with E-state index in [9.17, 15) is 62.8 Å². The number of amides is 2. The fourth-order valence-corrected chi connectivity index (χ4v) is 18.7. The Morgan fingerprint density at radius 1 is 0.531 bits per heavy atom. The summed E-state index contributed by atoms with van der Waals surface area (Å²) in [7, 11) is -26.8. The van der Waals surface area contributed by atoms with Gasteiger partial charge in [-0.1, -0.05) is 35.3 Å². The van der Waals surface area contributed by atoms with Crippen molar-refractivity contribution in [3.05, 3.63) is 94.0 Å². The molecule has 7 rings (SSSR count). The van der Waals surface area contributed by atoms with Gasteiger partial charge in [-0.25, -0.2) is 16.8 Å². The Morgan fingerprint density at radius 3 is 1.22 bits per heavy atom. The average Bonchev–Trinajstić information content (AvgIpc) is 3.61. The molecular formula is C36H38Cl2N8O14S4. The van der Waals surface area contributed by atoms with Gasteiger partial charge in [-0.05, 0) is 99.5 Å². The molecule has 22 nitrogen and oxygen atoms in total. The van der Waals surface area contributed by atoms with E-state index in [2.05, 4.69) is 30.7 Å². The Hall–Kier alpha value is -4.78. The number of anilines is 2. The van der Waals surface area contributed by atoms with Crippen LogP contribution in [0.15, 0.2) is 123 Å². The number of carbonyl (C=O) groups excluding carboxylic acids is 2. The van der Waals surface area contributed by atoms with Crippen molar-refractivity contribution in [1.82, 2.24) is 0 Å². The molecular weight excluding hydrogens is 968 g/mol. The molecule has 8 N–H and O–H groups in total. The van der Waals surface area contributed by atoms with Gasteiger partial charge in [0.1, 0.15) is 49.9 Å². The molecule has 2 atom stereocenters. The van der Waals surface area contributed by atoms with E-state index >= 15 is 0 Å². The molecule has 2 unspecified atom stereocenters. The molecule has 3 aliphatic rings. The number of hydrogen-bond acceptors (Lipinski definition) is 12. The first kappa shape index (κ1) is 47.2. The maximum atomic E-state index is 14.3. The summed E-state index contributed by atoms with van der Waals surface area (Å²) in [5.74, 6) is -2.03. The first-order valence-corrected chi connectivity index (χ1v) is 27.0. The van der Waals surface area contributed by atoms with E-state index in [0.717, 1.165) is 60.7 Å². The lowest BCUT2D eigenvalue weighted by Crippen LogP contribution is -2.49. The van der Waals surface area contributed by atoms with Crippen LogP contribution in [0, 0.1) is 13.8 Å². The van der Waals surface area contributed by atoms with Crippen LogP contribution in [0.25, 0.3) is 0 Å². The third kappa shape index (κ3) is 8.58. The highest BCUT2D eigenvalue weighted by atomic mass is 35.5. The molecule has 64 heavy (non-hydrogen) atoms. The predicted molar refractivity (Wildman–Crippen MR) is 239 cm³/mol. The van der Waals surface area contributed by atoms with Gasteiger partial charge in [0.25, 0.3) is 11.8 Å². The normalized spacial score (nSPS) is 27.2. The fourth-order valence-electron chi connectivity index (χ4n) is 6.86. The molecule has 344 valence electrons. The molecule has 3 aliphatic heterocycles. The standard InChI is InChI=1S/C36H38Cl2N8O14S4/c1-19-11-31-29(15-27(19)37)39-41-33-21(3)43-45(35(33)47)24-8-6-10-26(14-24)62(52,53,54)18-64(58,59,60)32-12-20(2)28(38)16-30(32)40-42-34-22(4)44-46(36(34)48)23-7-5-9-25(13-23)61(49,50,51)17-63(31,55,56)57/h5-16,33-34H,17-18H2,1-4H3,(H2,49,50,51)(H2,52,53,54)(H2,55,56,57)(H2,58,59,60). The molecule has 0 saturated heterocycles. The number of benzene rings is 4. The lowest BCUT2D eigenvalue weighted by Gasteiger charge is -2.41. The quantitative estimate of drug-likeness (QED) is 0.0846. The van der Waals surface area contributed by atoms with Gasteiger partial charge in [-0.2, -0.15) is 40.7 Å². The number of azo groups is 2. The van der Waals surface area contributed by atoms with Gasteiger partial charge in [-0.3, -0.25) is 9.59 Å². The molecule has 4 aromatic rings. The lowest BCUT2D eigenvalue weighted by atomic mass is 10.2. The largest absolute Gasteiger partial charge is 0.303 e. The minimum atomic E-state index is -6.74. The van der Waals surface area contributed by atoms with Crippen LogP contribution < -0.4 is 10.0 Å². The van der Waals surface area contributed by atoms with Crippen LogP contribution in [0.4, 0.5) is 22.7 Å². The number of nitrogens with zero attached hydrogens (tertiary/aromatic N) is 8. The van der Waals surface area contributed by atoms with E-state index in [1.54, 1.807) is 0 Å². The van der Waals surface area contributed by atoms with Gasteiger partial charge in [0.05, 0.1) is 42.4 Å². The Kier molecular flexibility index (Phi) is 10.6. The van der Waals surface area contributed by atoms with Crippen LogP contribution in [0.5, 0.6) is 0 Å². The molecule has 2 amide bonds. The molecule has 0 saturated carbocycles. The molecule has 0 radical (unpaired) electrons. The van der Waals surface area contributed by atoms with Crippen molar-refractivity contribution in [1.29, 1.82) is 0 Å². The van der Waals surface area contributed by atoms with E-state index in [1.165, 1.54) is 39.8 Å². The number of aryl methyl sites for hydroxylation is 2. The number of carbonyl (C=O) groups is 2. The van der Waals surface area contributed by atoms with E-state index in [-0.39, 0.29) is 44.0 Å². The zero-order valence-corrected chi connectivity index (χ0v) is 38.3. The minimum Gasteiger partial charge on any atom is -0.303 e. The summed E-state index contributed by atoms with van der Waals surface area (Å²) in [4.78, 5) is 23.5. The van der Waals surface area contributed by atoms with Crippen LogP contribution in [0.2, 0.25) is 10.0 Å². The van der Waals surface area contributed by atoms with Gasteiger partial charge in [0.2, 0.25) is 0 Å². The smallest absolute Gasteiger partial charge is 0.280 e. The zero-order chi connectivity index (χ0) is 47.5. The second-order valence-electron chi connectivity index (χ2n) is 15.5. The van der Waals surface area contributed by atoms with Gasteiger partial charge in [-0.15, -0.1) is 0 Å². The van der Waals surface area contributed by atoms with Gasteiger partial charge < -0.3 is 36.4 Å². The van der Waals surface area contributed by atoms with Crippen molar-refractivity contribution in [2.75, 3.05) is 20.2 Å². The third-order valence-corrected chi connectivity index (χ3v) is 22.5. The van der Waals surface area contributed by atoms with Gasteiger partial charge >= 0.3 is 0 Å². The highest BCUT2D eigenvalue weighted by Crippen LogP contribution is 2.48. The molecule has 28 heteroatoms.